The normalized spacial score (nSPS) is 19.4. The van der Waals surface area contributed by atoms with Gasteiger partial charge in [-0.25, -0.2) is 4.79 Å². The molecule has 1 fully saturated rings. The van der Waals surface area contributed by atoms with E-state index in [2.05, 4.69) is 51.1 Å². The maximum atomic E-state index is 10.6. The minimum Gasteiger partial charge on any atom is -0.480 e. The summed E-state index contributed by atoms with van der Waals surface area (Å²) >= 11 is 5.68. The van der Waals surface area contributed by atoms with Crippen molar-refractivity contribution in [1.82, 2.24) is 9.78 Å². The van der Waals surface area contributed by atoms with E-state index in [9.17, 15) is 4.79 Å². The van der Waals surface area contributed by atoms with E-state index in [-0.39, 0.29) is 6.61 Å². The predicted octanol–water partition coefficient (Wildman–Crippen LogP) is 5.13. The smallest absolute Gasteiger partial charge is 0.329 e. The average Bonchev–Trinajstić information content (AvgIpc) is 3.03. The van der Waals surface area contributed by atoms with Gasteiger partial charge in [0.15, 0.2) is 0 Å². The molecule has 1 heterocycles. The van der Waals surface area contributed by atoms with Crippen LogP contribution in [-0.2, 0) is 22.5 Å². The molecule has 3 rings (SSSR count). The fourth-order valence-corrected chi connectivity index (χ4v) is 5.09. The second-order valence-corrected chi connectivity index (χ2v) is 9.47. The maximum absolute atomic E-state index is 10.6. The number of thioether (sulfide) groups is 1. The number of benzene rings is 1. The van der Waals surface area contributed by atoms with Gasteiger partial charge in [-0.3, -0.25) is 4.68 Å². The van der Waals surface area contributed by atoms with Crippen molar-refractivity contribution in [3.8, 4) is 11.3 Å². The Balaban J connectivity index is 1.65. The molecule has 1 aliphatic carbocycles. The van der Waals surface area contributed by atoms with E-state index >= 15 is 0 Å². The van der Waals surface area contributed by atoms with Crippen LogP contribution in [0.4, 0.5) is 0 Å². The van der Waals surface area contributed by atoms with E-state index in [1.165, 1.54) is 5.69 Å². The van der Waals surface area contributed by atoms with E-state index in [1.54, 1.807) is 0 Å². The maximum Gasteiger partial charge on any atom is 0.329 e. The lowest BCUT2D eigenvalue weighted by atomic mass is 9.82. The molecule has 29 heavy (non-hydrogen) atoms. The summed E-state index contributed by atoms with van der Waals surface area (Å²) in [5, 5.41) is 13.7. The first-order valence-corrected chi connectivity index (χ1v) is 12.4. The number of nitrogens with zero attached hydrogens (tertiary/aromatic N) is 2. The Kier molecular flexibility index (Phi) is 8.63. The third kappa shape index (κ3) is 6.33. The van der Waals surface area contributed by atoms with Gasteiger partial charge in [-0.15, -0.1) is 0 Å². The van der Waals surface area contributed by atoms with Crippen LogP contribution >= 0.6 is 27.7 Å². The molecule has 1 N–H and O–H groups in total. The van der Waals surface area contributed by atoms with Crippen LogP contribution < -0.4 is 0 Å². The van der Waals surface area contributed by atoms with Gasteiger partial charge in [-0.2, -0.15) is 16.9 Å². The van der Waals surface area contributed by atoms with Crippen molar-refractivity contribution in [2.24, 2.45) is 11.8 Å². The van der Waals surface area contributed by atoms with Crippen LogP contribution in [0.25, 0.3) is 11.3 Å². The highest BCUT2D eigenvalue weighted by atomic mass is 79.9. The van der Waals surface area contributed by atoms with Crippen LogP contribution in [-0.4, -0.2) is 46.1 Å². The fourth-order valence-electron chi connectivity index (χ4n) is 3.98. The number of rotatable bonds is 10. The molecule has 0 spiro atoms. The zero-order valence-electron chi connectivity index (χ0n) is 16.8. The Morgan fingerprint density at radius 2 is 1.93 bits per heavy atom. The highest BCUT2D eigenvalue weighted by Gasteiger charge is 2.24. The van der Waals surface area contributed by atoms with Crippen LogP contribution in [0.15, 0.2) is 34.8 Å². The molecule has 1 saturated carbocycles. The van der Waals surface area contributed by atoms with Crippen molar-refractivity contribution in [2.45, 2.75) is 38.6 Å². The number of halogens is 1. The van der Waals surface area contributed by atoms with Crippen LogP contribution in [0.3, 0.4) is 0 Å². The number of carboxylic acids is 1. The lowest BCUT2D eigenvalue weighted by Gasteiger charge is -2.28. The highest BCUT2D eigenvalue weighted by molar-refractivity contribution is 9.10. The topological polar surface area (TPSA) is 64.4 Å². The minimum absolute atomic E-state index is 0.192. The Bertz CT molecular complexity index is 789. The lowest BCUT2D eigenvalue weighted by Crippen LogP contribution is -2.24. The Labute approximate surface area is 185 Å². The summed E-state index contributed by atoms with van der Waals surface area (Å²) in [7, 11) is 0. The third-order valence-corrected chi connectivity index (χ3v) is 7.01. The lowest BCUT2D eigenvalue weighted by molar-refractivity contribution is -0.142. The zero-order valence-corrected chi connectivity index (χ0v) is 19.3. The molecule has 1 aromatic carbocycles. The second kappa shape index (κ2) is 11.2. The van der Waals surface area contributed by atoms with Crippen LogP contribution in [0.1, 0.15) is 31.4 Å². The number of hydrogen-bond acceptors (Lipinski definition) is 4. The molecule has 5 nitrogen and oxygen atoms in total. The van der Waals surface area contributed by atoms with Crippen molar-refractivity contribution in [3.63, 3.8) is 0 Å². The molecule has 0 radical (unpaired) electrons. The summed E-state index contributed by atoms with van der Waals surface area (Å²) in [5.74, 6) is 1.27. The van der Waals surface area contributed by atoms with Gasteiger partial charge in [0.1, 0.15) is 12.3 Å². The first-order valence-electron chi connectivity index (χ1n) is 10.2. The van der Waals surface area contributed by atoms with Gasteiger partial charge in [-0.1, -0.05) is 30.3 Å². The van der Waals surface area contributed by atoms with Crippen LogP contribution in [0, 0.1) is 11.8 Å². The molecule has 2 aromatic rings. The molecule has 1 aromatic heterocycles. The molecule has 0 amide bonds. The number of carbonyl (C=O) groups is 1. The SMILES string of the molecule is CSCCc1c(Br)c(-c2ccccc2)nn1CC1CCC(COCC(=O)O)CC1. The predicted molar refractivity (Wildman–Crippen MR) is 121 cm³/mol. The molecular formula is C22H29BrN2O3S. The number of ether oxygens (including phenoxy) is 1. The van der Waals surface area contributed by atoms with Crippen molar-refractivity contribution < 1.29 is 14.6 Å². The Morgan fingerprint density at radius 1 is 1.24 bits per heavy atom. The van der Waals surface area contributed by atoms with Gasteiger partial charge < -0.3 is 9.84 Å². The largest absolute Gasteiger partial charge is 0.480 e. The molecule has 0 aliphatic heterocycles. The Morgan fingerprint density at radius 3 is 2.59 bits per heavy atom. The van der Waals surface area contributed by atoms with Crippen LogP contribution in [0.2, 0.25) is 0 Å². The number of aliphatic carboxylic acids is 1. The summed E-state index contributed by atoms with van der Waals surface area (Å²) in [6, 6.07) is 10.4. The summed E-state index contributed by atoms with van der Waals surface area (Å²) in [4.78, 5) is 10.6. The minimum atomic E-state index is -0.894. The average molecular weight is 481 g/mol. The van der Waals surface area contributed by atoms with E-state index in [4.69, 9.17) is 14.9 Å². The highest BCUT2D eigenvalue weighted by Crippen LogP contribution is 2.34. The van der Waals surface area contributed by atoms with Gasteiger partial charge in [0.2, 0.25) is 0 Å². The van der Waals surface area contributed by atoms with Gasteiger partial charge in [0.25, 0.3) is 0 Å². The standard InChI is InChI=1S/C22H29BrN2O3S/c1-29-12-11-19-21(23)22(18-5-3-2-4-6-18)24-25(19)13-16-7-9-17(10-8-16)14-28-15-20(26)27/h2-6,16-17H,7-15H2,1H3,(H,26,27). The molecule has 0 bridgehead atoms. The number of hydrogen-bond donors (Lipinski definition) is 1. The molecule has 0 unspecified atom stereocenters. The van der Waals surface area contributed by atoms with Gasteiger partial charge in [0, 0.05) is 12.1 Å². The quantitative estimate of drug-likeness (QED) is 0.510. The Hall–Kier alpha value is -1.31. The fraction of sp³-hybridized carbons (Fsp3) is 0.545. The summed E-state index contributed by atoms with van der Waals surface area (Å²) < 4.78 is 8.63. The molecular weight excluding hydrogens is 452 g/mol. The third-order valence-electron chi connectivity index (χ3n) is 5.56. The van der Waals surface area contributed by atoms with Crippen LogP contribution in [0.5, 0.6) is 0 Å². The summed E-state index contributed by atoms with van der Waals surface area (Å²) in [6.45, 7) is 1.31. The summed E-state index contributed by atoms with van der Waals surface area (Å²) in [5.41, 5.74) is 3.45. The monoisotopic (exact) mass is 480 g/mol. The van der Waals surface area contributed by atoms with Gasteiger partial charge in [-0.05, 0) is 71.9 Å². The van der Waals surface area contributed by atoms with E-state index in [1.807, 2.05) is 17.8 Å². The molecule has 158 valence electrons. The number of carboxylic acid groups (broad SMARTS) is 1. The zero-order chi connectivity index (χ0) is 20.6. The molecule has 7 heteroatoms. The van der Waals surface area contributed by atoms with Gasteiger partial charge >= 0.3 is 5.97 Å². The van der Waals surface area contributed by atoms with Gasteiger partial charge in [0.05, 0.1) is 16.8 Å². The van der Waals surface area contributed by atoms with E-state index < -0.39 is 5.97 Å². The first-order chi connectivity index (χ1) is 14.1. The van der Waals surface area contributed by atoms with Crippen molar-refractivity contribution >= 4 is 33.7 Å². The number of aromatic nitrogens is 2. The molecule has 0 saturated heterocycles. The molecule has 1 aliphatic rings. The first kappa shape index (κ1) is 22.4. The molecule has 0 atom stereocenters. The van der Waals surface area contributed by atoms with Crippen molar-refractivity contribution in [2.75, 3.05) is 25.2 Å². The van der Waals surface area contributed by atoms with Crippen molar-refractivity contribution in [3.05, 3.63) is 40.5 Å². The van der Waals surface area contributed by atoms with E-state index in [0.29, 0.717) is 18.4 Å². The van der Waals surface area contributed by atoms with Crippen molar-refractivity contribution in [1.29, 1.82) is 0 Å². The van der Waals surface area contributed by atoms with E-state index in [0.717, 1.165) is 60.1 Å². The summed E-state index contributed by atoms with van der Waals surface area (Å²) in [6.07, 6.45) is 7.61. The second-order valence-electron chi connectivity index (χ2n) is 7.70.